The summed E-state index contributed by atoms with van der Waals surface area (Å²) < 4.78 is 6.21. The van der Waals surface area contributed by atoms with Gasteiger partial charge in [0.15, 0.2) is 0 Å². The molecule has 4 nitrogen and oxygen atoms in total. The summed E-state index contributed by atoms with van der Waals surface area (Å²) in [6, 6.07) is 5.06. The fourth-order valence-electron chi connectivity index (χ4n) is 4.08. The highest BCUT2D eigenvalue weighted by Crippen LogP contribution is 2.39. The molecular weight excluding hydrogens is 334 g/mol. The second-order valence-corrected chi connectivity index (χ2v) is 8.07. The summed E-state index contributed by atoms with van der Waals surface area (Å²) in [5.41, 5.74) is 2.87. The maximum atomic E-state index is 6.21. The molecule has 1 fully saturated rings. The molecule has 1 aliphatic heterocycles. The highest BCUT2D eigenvalue weighted by atomic mass is 35.5. The quantitative estimate of drug-likeness (QED) is 0.715. The van der Waals surface area contributed by atoms with E-state index in [2.05, 4.69) is 43.7 Å². The Morgan fingerprint density at radius 1 is 1.32 bits per heavy atom. The Hall–Kier alpha value is -0.840. The third-order valence-electron chi connectivity index (χ3n) is 5.65. The highest BCUT2D eigenvalue weighted by Gasteiger charge is 2.40. The molecular formula is C20H34ClN3O. The van der Waals surface area contributed by atoms with Gasteiger partial charge in [-0.1, -0.05) is 19.9 Å². The van der Waals surface area contributed by atoms with Gasteiger partial charge in [-0.25, -0.2) is 4.98 Å². The standard InChI is InChI=1S/C20H33N3O.ClH/c1-20(2)14-17(21-3)13-18(20)24-12-5-4-8-16-10-9-15-7-6-11-22-19(15)23-16;/h9-10,17-18,21H,4-8,11-14H2,1-3H3,(H,22,23);1H/t17-,18-;/m1./s1. The zero-order valence-corrected chi connectivity index (χ0v) is 16.8. The minimum absolute atomic E-state index is 0. The van der Waals surface area contributed by atoms with Gasteiger partial charge in [0.1, 0.15) is 5.82 Å². The molecule has 1 saturated carbocycles. The lowest BCUT2D eigenvalue weighted by molar-refractivity contribution is -0.00721. The second kappa shape index (κ2) is 9.20. The van der Waals surface area contributed by atoms with Gasteiger partial charge in [0.05, 0.1) is 6.10 Å². The van der Waals surface area contributed by atoms with Crippen molar-refractivity contribution in [3.8, 4) is 0 Å². The average Bonchev–Trinajstić information content (AvgIpc) is 2.88. The smallest absolute Gasteiger partial charge is 0.129 e. The molecule has 25 heavy (non-hydrogen) atoms. The molecule has 0 saturated heterocycles. The van der Waals surface area contributed by atoms with Crippen molar-refractivity contribution in [3.63, 3.8) is 0 Å². The molecule has 142 valence electrons. The van der Waals surface area contributed by atoms with E-state index in [4.69, 9.17) is 9.72 Å². The average molecular weight is 368 g/mol. The molecule has 2 atom stereocenters. The summed E-state index contributed by atoms with van der Waals surface area (Å²) in [5.74, 6) is 1.11. The predicted octanol–water partition coefficient (Wildman–Crippen LogP) is 3.98. The number of aryl methyl sites for hydroxylation is 2. The molecule has 1 aliphatic carbocycles. The summed E-state index contributed by atoms with van der Waals surface area (Å²) in [4.78, 5) is 4.77. The van der Waals surface area contributed by atoms with E-state index < -0.39 is 0 Å². The van der Waals surface area contributed by atoms with Gasteiger partial charge < -0.3 is 15.4 Å². The molecule has 2 heterocycles. The first-order valence-corrected chi connectivity index (χ1v) is 9.60. The van der Waals surface area contributed by atoms with Gasteiger partial charge in [-0.15, -0.1) is 12.4 Å². The molecule has 5 heteroatoms. The summed E-state index contributed by atoms with van der Waals surface area (Å²) in [7, 11) is 2.06. The maximum absolute atomic E-state index is 6.21. The van der Waals surface area contributed by atoms with Crippen LogP contribution in [0.2, 0.25) is 0 Å². The number of halogens is 1. The lowest BCUT2D eigenvalue weighted by Gasteiger charge is -2.26. The largest absolute Gasteiger partial charge is 0.378 e. The molecule has 0 bridgehead atoms. The van der Waals surface area contributed by atoms with Crippen molar-refractivity contribution >= 4 is 18.2 Å². The van der Waals surface area contributed by atoms with Gasteiger partial charge in [0.2, 0.25) is 0 Å². The van der Waals surface area contributed by atoms with Crippen LogP contribution in [0.3, 0.4) is 0 Å². The van der Waals surface area contributed by atoms with Crippen LogP contribution < -0.4 is 10.6 Å². The third-order valence-corrected chi connectivity index (χ3v) is 5.65. The topological polar surface area (TPSA) is 46.2 Å². The molecule has 0 aromatic carbocycles. The van der Waals surface area contributed by atoms with Crippen molar-refractivity contribution in [2.24, 2.45) is 5.41 Å². The highest BCUT2D eigenvalue weighted by molar-refractivity contribution is 5.85. The Morgan fingerprint density at radius 3 is 2.92 bits per heavy atom. The minimum Gasteiger partial charge on any atom is -0.378 e. The molecule has 1 aromatic rings. The van der Waals surface area contributed by atoms with Crippen LogP contribution in [0.15, 0.2) is 12.1 Å². The van der Waals surface area contributed by atoms with Crippen LogP contribution in [-0.2, 0) is 17.6 Å². The second-order valence-electron chi connectivity index (χ2n) is 8.07. The molecule has 1 aromatic heterocycles. The number of unbranched alkanes of at least 4 members (excludes halogenated alkanes) is 1. The Balaban J connectivity index is 0.00000225. The van der Waals surface area contributed by atoms with Crippen molar-refractivity contribution in [1.82, 2.24) is 10.3 Å². The Kier molecular flexibility index (Phi) is 7.53. The zero-order valence-electron chi connectivity index (χ0n) is 15.9. The number of aromatic nitrogens is 1. The van der Waals surface area contributed by atoms with E-state index in [-0.39, 0.29) is 12.4 Å². The number of nitrogens with one attached hydrogen (secondary N) is 2. The lowest BCUT2D eigenvalue weighted by atomic mass is 9.89. The molecule has 0 amide bonds. The monoisotopic (exact) mass is 367 g/mol. The van der Waals surface area contributed by atoms with Crippen LogP contribution in [0.5, 0.6) is 0 Å². The van der Waals surface area contributed by atoms with Crippen molar-refractivity contribution in [3.05, 3.63) is 23.4 Å². The molecule has 0 unspecified atom stereocenters. The summed E-state index contributed by atoms with van der Waals surface area (Å²) in [6.07, 6.45) is 8.43. The molecule has 2 N–H and O–H groups in total. The van der Waals surface area contributed by atoms with E-state index in [9.17, 15) is 0 Å². The number of hydrogen-bond acceptors (Lipinski definition) is 4. The van der Waals surface area contributed by atoms with Crippen LogP contribution in [-0.4, -0.2) is 37.3 Å². The van der Waals surface area contributed by atoms with Crippen molar-refractivity contribution in [2.75, 3.05) is 25.5 Å². The van der Waals surface area contributed by atoms with Gasteiger partial charge >= 0.3 is 0 Å². The van der Waals surface area contributed by atoms with Crippen LogP contribution in [0, 0.1) is 5.41 Å². The Morgan fingerprint density at radius 2 is 2.16 bits per heavy atom. The van der Waals surface area contributed by atoms with Crippen molar-refractivity contribution < 1.29 is 4.74 Å². The molecule has 0 spiro atoms. The first-order chi connectivity index (χ1) is 11.6. The van der Waals surface area contributed by atoms with Crippen LogP contribution >= 0.6 is 12.4 Å². The van der Waals surface area contributed by atoms with Crippen LogP contribution in [0.1, 0.15) is 57.2 Å². The Bertz CT molecular complexity index is 550. The fourth-order valence-corrected chi connectivity index (χ4v) is 4.08. The summed E-state index contributed by atoms with van der Waals surface area (Å²) in [6.45, 7) is 6.59. The van der Waals surface area contributed by atoms with Crippen molar-refractivity contribution in [2.45, 2.75) is 70.9 Å². The van der Waals surface area contributed by atoms with Gasteiger partial charge in [0, 0.05) is 24.9 Å². The van der Waals surface area contributed by atoms with E-state index in [0.29, 0.717) is 17.6 Å². The molecule has 2 aliphatic rings. The van der Waals surface area contributed by atoms with E-state index in [1.165, 1.54) is 24.1 Å². The lowest BCUT2D eigenvalue weighted by Crippen LogP contribution is -2.26. The molecule has 0 radical (unpaired) electrons. The number of hydrogen-bond donors (Lipinski definition) is 2. The first kappa shape index (κ1) is 20.5. The third kappa shape index (κ3) is 5.32. The number of fused-ring (bicyclic) bond motifs is 1. The summed E-state index contributed by atoms with van der Waals surface area (Å²) >= 11 is 0. The van der Waals surface area contributed by atoms with Gasteiger partial charge in [-0.2, -0.15) is 0 Å². The SMILES string of the molecule is CN[C@@H]1C[C@@H](OCCCCc2ccc3c(n2)NCCC3)C(C)(C)C1.Cl. The van der Waals surface area contributed by atoms with Gasteiger partial charge in [-0.3, -0.25) is 0 Å². The Labute approximate surface area is 158 Å². The predicted molar refractivity (Wildman–Crippen MR) is 107 cm³/mol. The van der Waals surface area contributed by atoms with E-state index in [1.807, 2.05) is 0 Å². The number of rotatable bonds is 7. The zero-order chi connectivity index (χ0) is 17.0. The van der Waals surface area contributed by atoms with Crippen molar-refractivity contribution in [1.29, 1.82) is 0 Å². The van der Waals surface area contributed by atoms with Crippen LogP contribution in [0.4, 0.5) is 5.82 Å². The van der Waals surface area contributed by atoms with Gasteiger partial charge in [-0.05, 0) is 69.0 Å². The van der Waals surface area contributed by atoms with E-state index in [1.54, 1.807) is 0 Å². The number of ether oxygens (including phenoxy) is 1. The normalized spacial score (nSPS) is 24.3. The van der Waals surface area contributed by atoms with Gasteiger partial charge in [0.25, 0.3) is 0 Å². The minimum atomic E-state index is 0. The summed E-state index contributed by atoms with van der Waals surface area (Å²) in [5, 5.41) is 6.82. The van der Waals surface area contributed by atoms with E-state index in [0.717, 1.165) is 51.1 Å². The number of anilines is 1. The first-order valence-electron chi connectivity index (χ1n) is 9.60. The fraction of sp³-hybridized carbons (Fsp3) is 0.750. The van der Waals surface area contributed by atoms with E-state index >= 15 is 0 Å². The number of pyridine rings is 1. The molecule has 3 rings (SSSR count). The van der Waals surface area contributed by atoms with Crippen LogP contribution in [0.25, 0.3) is 0 Å². The maximum Gasteiger partial charge on any atom is 0.129 e. The number of nitrogens with zero attached hydrogens (tertiary/aromatic N) is 1.